The molecular weight excluding hydrogens is 246 g/mol. The number of rotatable bonds is 5. The molecule has 1 N–H and O–H groups in total. The highest BCUT2D eigenvalue weighted by Crippen LogP contribution is 2.25. The standard InChI is InChI=1S/C13H15N3O3/c1-16-12(7-8-14-16)15-13(17)9-19-11-6-4-3-5-10(11)18-2/h3-8H,9H2,1-2H3,(H,15,17). The van der Waals surface area contributed by atoms with Crippen LogP contribution in [0.4, 0.5) is 5.82 Å². The number of methoxy groups -OCH3 is 1. The second-order valence-corrected chi connectivity index (χ2v) is 3.83. The van der Waals surface area contributed by atoms with E-state index >= 15 is 0 Å². The molecule has 0 saturated heterocycles. The van der Waals surface area contributed by atoms with Crippen molar-refractivity contribution in [3.63, 3.8) is 0 Å². The Bertz CT molecular complexity index is 566. The zero-order valence-electron chi connectivity index (χ0n) is 10.8. The van der Waals surface area contributed by atoms with Crippen LogP contribution in [0.2, 0.25) is 0 Å². The van der Waals surface area contributed by atoms with Gasteiger partial charge in [-0.05, 0) is 12.1 Å². The molecule has 0 fully saturated rings. The molecule has 0 atom stereocenters. The highest BCUT2D eigenvalue weighted by atomic mass is 16.5. The summed E-state index contributed by atoms with van der Waals surface area (Å²) in [5.74, 6) is 1.49. The third-order valence-corrected chi connectivity index (χ3v) is 2.52. The topological polar surface area (TPSA) is 65.4 Å². The van der Waals surface area contributed by atoms with E-state index in [1.54, 1.807) is 43.2 Å². The van der Waals surface area contributed by atoms with Crippen LogP contribution < -0.4 is 14.8 Å². The molecule has 0 aliphatic carbocycles. The Labute approximate surface area is 110 Å². The Kier molecular flexibility index (Phi) is 4.02. The number of para-hydroxylation sites is 2. The number of ether oxygens (including phenoxy) is 2. The second-order valence-electron chi connectivity index (χ2n) is 3.83. The number of hydrogen-bond donors (Lipinski definition) is 1. The molecule has 1 heterocycles. The summed E-state index contributed by atoms with van der Waals surface area (Å²) in [6.07, 6.45) is 1.61. The molecule has 1 amide bonds. The predicted molar refractivity (Wildman–Crippen MR) is 70.3 cm³/mol. The SMILES string of the molecule is COc1ccccc1OCC(=O)Nc1ccnn1C. The number of benzene rings is 1. The van der Waals surface area contributed by atoms with Crippen LogP contribution in [-0.4, -0.2) is 29.4 Å². The molecular formula is C13H15N3O3. The van der Waals surface area contributed by atoms with Gasteiger partial charge >= 0.3 is 0 Å². The lowest BCUT2D eigenvalue weighted by atomic mass is 10.3. The molecule has 1 aromatic carbocycles. The van der Waals surface area contributed by atoms with Gasteiger partial charge in [0.05, 0.1) is 13.3 Å². The first-order valence-corrected chi connectivity index (χ1v) is 5.74. The molecule has 19 heavy (non-hydrogen) atoms. The van der Waals surface area contributed by atoms with E-state index in [9.17, 15) is 4.79 Å². The average Bonchev–Trinajstić information content (AvgIpc) is 2.82. The van der Waals surface area contributed by atoms with Gasteiger partial charge in [-0.1, -0.05) is 12.1 Å². The first-order valence-electron chi connectivity index (χ1n) is 5.74. The lowest BCUT2D eigenvalue weighted by Gasteiger charge is -2.10. The Balaban J connectivity index is 1.92. The van der Waals surface area contributed by atoms with Gasteiger partial charge in [0.2, 0.25) is 0 Å². The van der Waals surface area contributed by atoms with E-state index in [1.807, 2.05) is 12.1 Å². The number of nitrogens with zero attached hydrogens (tertiary/aromatic N) is 2. The minimum Gasteiger partial charge on any atom is -0.493 e. The van der Waals surface area contributed by atoms with Gasteiger partial charge in [0.15, 0.2) is 18.1 Å². The number of anilines is 1. The highest BCUT2D eigenvalue weighted by Gasteiger charge is 2.08. The van der Waals surface area contributed by atoms with Crippen LogP contribution in [-0.2, 0) is 11.8 Å². The monoisotopic (exact) mass is 261 g/mol. The van der Waals surface area contributed by atoms with Gasteiger partial charge in [-0.15, -0.1) is 0 Å². The second kappa shape index (κ2) is 5.90. The molecule has 0 aliphatic rings. The van der Waals surface area contributed by atoms with E-state index in [1.165, 1.54) is 0 Å². The Morgan fingerprint density at radius 2 is 2.05 bits per heavy atom. The fraction of sp³-hybridized carbons (Fsp3) is 0.231. The zero-order chi connectivity index (χ0) is 13.7. The molecule has 0 bridgehead atoms. The molecule has 0 radical (unpaired) electrons. The number of carbonyl (C=O) groups excluding carboxylic acids is 1. The van der Waals surface area contributed by atoms with Crippen molar-refractivity contribution in [1.29, 1.82) is 0 Å². The first-order chi connectivity index (χ1) is 9.20. The van der Waals surface area contributed by atoms with Crippen molar-refractivity contribution in [2.75, 3.05) is 19.0 Å². The third-order valence-electron chi connectivity index (χ3n) is 2.52. The van der Waals surface area contributed by atoms with E-state index in [4.69, 9.17) is 9.47 Å². The van der Waals surface area contributed by atoms with E-state index in [2.05, 4.69) is 10.4 Å². The van der Waals surface area contributed by atoms with Crippen LogP contribution in [0.15, 0.2) is 36.5 Å². The van der Waals surface area contributed by atoms with E-state index < -0.39 is 0 Å². The van der Waals surface area contributed by atoms with E-state index in [0.29, 0.717) is 17.3 Å². The molecule has 0 unspecified atom stereocenters. The van der Waals surface area contributed by atoms with Gasteiger partial charge in [0, 0.05) is 13.1 Å². The lowest BCUT2D eigenvalue weighted by molar-refractivity contribution is -0.118. The van der Waals surface area contributed by atoms with Crippen LogP contribution in [0.25, 0.3) is 0 Å². The van der Waals surface area contributed by atoms with Gasteiger partial charge < -0.3 is 14.8 Å². The van der Waals surface area contributed by atoms with Crippen molar-refractivity contribution < 1.29 is 14.3 Å². The predicted octanol–water partition coefficient (Wildman–Crippen LogP) is 1.45. The molecule has 2 aromatic rings. The number of nitrogens with one attached hydrogen (secondary N) is 1. The quantitative estimate of drug-likeness (QED) is 0.884. The van der Waals surface area contributed by atoms with Gasteiger partial charge in [0.25, 0.3) is 5.91 Å². The van der Waals surface area contributed by atoms with Crippen molar-refractivity contribution >= 4 is 11.7 Å². The largest absolute Gasteiger partial charge is 0.493 e. The highest BCUT2D eigenvalue weighted by molar-refractivity contribution is 5.91. The molecule has 1 aromatic heterocycles. The van der Waals surface area contributed by atoms with Crippen molar-refractivity contribution in [2.45, 2.75) is 0 Å². The van der Waals surface area contributed by atoms with Crippen LogP contribution in [0, 0.1) is 0 Å². The van der Waals surface area contributed by atoms with Crippen molar-refractivity contribution in [3.8, 4) is 11.5 Å². The maximum atomic E-state index is 11.7. The zero-order valence-corrected chi connectivity index (χ0v) is 10.8. The summed E-state index contributed by atoms with van der Waals surface area (Å²) in [5.41, 5.74) is 0. The van der Waals surface area contributed by atoms with E-state index in [-0.39, 0.29) is 12.5 Å². The Morgan fingerprint density at radius 1 is 1.32 bits per heavy atom. The minimum atomic E-state index is -0.255. The van der Waals surface area contributed by atoms with Crippen molar-refractivity contribution in [3.05, 3.63) is 36.5 Å². The molecule has 0 saturated carbocycles. The molecule has 0 spiro atoms. The lowest BCUT2D eigenvalue weighted by Crippen LogP contribution is -2.21. The summed E-state index contributed by atoms with van der Waals surface area (Å²) < 4.78 is 12.1. The van der Waals surface area contributed by atoms with Crippen molar-refractivity contribution in [1.82, 2.24) is 9.78 Å². The maximum absolute atomic E-state index is 11.7. The first kappa shape index (κ1) is 12.9. The summed E-state index contributed by atoms with van der Waals surface area (Å²) in [6, 6.07) is 8.88. The van der Waals surface area contributed by atoms with Gasteiger partial charge in [-0.3, -0.25) is 9.48 Å². The number of hydrogen-bond acceptors (Lipinski definition) is 4. The van der Waals surface area contributed by atoms with Gasteiger partial charge in [0.1, 0.15) is 5.82 Å². The van der Waals surface area contributed by atoms with Crippen molar-refractivity contribution in [2.24, 2.45) is 7.05 Å². The summed E-state index contributed by atoms with van der Waals surface area (Å²) >= 11 is 0. The number of carbonyl (C=O) groups is 1. The molecule has 100 valence electrons. The molecule has 6 nitrogen and oxygen atoms in total. The van der Waals surface area contributed by atoms with Gasteiger partial charge in [-0.2, -0.15) is 5.10 Å². The van der Waals surface area contributed by atoms with Crippen LogP contribution in [0.1, 0.15) is 0 Å². The van der Waals surface area contributed by atoms with Crippen LogP contribution in [0.3, 0.4) is 0 Å². The summed E-state index contributed by atoms with van der Waals surface area (Å²) in [6.45, 7) is -0.0917. The molecule has 0 aliphatic heterocycles. The Hall–Kier alpha value is -2.50. The van der Waals surface area contributed by atoms with Gasteiger partial charge in [-0.25, -0.2) is 0 Å². The summed E-state index contributed by atoms with van der Waals surface area (Å²) in [4.78, 5) is 11.7. The van der Waals surface area contributed by atoms with E-state index in [0.717, 1.165) is 0 Å². The maximum Gasteiger partial charge on any atom is 0.263 e. The molecule has 2 rings (SSSR count). The Morgan fingerprint density at radius 3 is 2.68 bits per heavy atom. The third kappa shape index (κ3) is 3.25. The fourth-order valence-corrected chi connectivity index (χ4v) is 1.56. The number of amides is 1. The fourth-order valence-electron chi connectivity index (χ4n) is 1.56. The van der Waals surface area contributed by atoms with Crippen LogP contribution >= 0.6 is 0 Å². The summed E-state index contributed by atoms with van der Waals surface area (Å²) in [5, 5.41) is 6.65. The number of aryl methyl sites for hydroxylation is 1. The number of aromatic nitrogens is 2. The minimum absolute atomic E-state index is 0.0917. The normalized spacial score (nSPS) is 10.0. The van der Waals surface area contributed by atoms with Crippen LogP contribution in [0.5, 0.6) is 11.5 Å². The smallest absolute Gasteiger partial charge is 0.263 e. The summed E-state index contributed by atoms with van der Waals surface area (Å²) in [7, 11) is 3.30. The average molecular weight is 261 g/mol. The molecule has 6 heteroatoms.